The van der Waals surface area contributed by atoms with Gasteiger partial charge in [0.2, 0.25) is 5.91 Å². The van der Waals surface area contributed by atoms with Gasteiger partial charge in [0, 0.05) is 23.8 Å². The number of ether oxygens (including phenoxy) is 1. The van der Waals surface area contributed by atoms with E-state index in [2.05, 4.69) is 5.32 Å². The van der Waals surface area contributed by atoms with Gasteiger partial charge in [-0.1, -0.05) is 35.9 Å². The first-order chi connectivity index (χ1) is 12.6. The first-order valence-electron chi connectivity index (χ1n) is 8.64. The van der Waals surface area contributed by atoms with Crippen molar-refractivity contribution in [3.05, 3.63) is 59.6 Å². The predicted molar refractivity (Wildman–Crippen MR) is 101 cm³/mol. The molecular formula is C20H21ClN2O3. The number of carbonyl (C=O) groups is 2. The second-order valence-electron chi connectivity index (χ2n) is 6.28. The van der Waals surface area contributed by atoms with Crippen molar-refractivity contribution in [3.63, 3.8) is 0 Å². The smallest absolute Gasteiger partial charge is 0.260 e. The summed E-state index contributed by atoms with van der Waals surface area (Å²) >= 11 is 5.91. The lowest BCUT2D eigenvalue weighted by Crippen LogP contribution is -2.45. The Bertz CT molecular complexity index is 767. The van der Waals surface area contributed by atoms with Crippen molar-refractivity contribution in [2.24, 2.45) is 5.92 Å². The molecule has 1 fully saturated rings. The van der Waals surface area contributed by atoms with E-state index in [1.807, 2.05) is 30.3 Å². The molecule has 2 aromatic carbocycles. The number of likely N-dealkylation sites (tertiary alicyclic amines) is 1. The number of halogens is 1. The molecule has 0 unspecified atom stereocenters. The van der Waals surface area contributed by atoms with Gasteiger partial charge >= 0.3 is 0 Å². The highest BCUT2D eigenvalue weighted by atomic mass is 35.5. The Morgan fingerprint density at radius 3 is 2.73 bits per heavy atom. The summed E-state index contributed by atoms with van der Waals surface area (Å²) in [6.07, 6.45) is 1.58. The van der Waals surface area contributed by atoms with Gasteiger partial charge in [-0.15, -0.1) is 0 Å². The Morgan fingerprint density at radius 1 is 1.15 bits per heavy atom. The molecule has 0 saturated carbocycles. The summed E-state index contributed by atoms with van der Waals surface area (Å²) in [5.74, 6) is 0.173. The fourth-order valence-electron chi connectivity index (χ4n) is 2.98. The third kappa shape index (κ3) is 4.99. The van der Waals surface area contributed by atoms with Gasteiger partial charge in [-0.25, -0.2) is 0 Å². The average Bonchev–Trinajstić information content (AvgIpc) is 2.67. The van der Waals surface area contributed by atoms with E-state index in [1.165, 1.54) is 0 Å². The zero-order valence-electron chi connectivity index (χ0n) is 14.4. The molecule has 3 rings (SSSR count). The van der Waals surface area contributed by atoms with Crippen LogP contribution >= 0.6 is 11.6 Å². The molecule has 6 heteroatoms. The van der Waals surface area contributed by atoms with Crippen molar-refractivity contribution in [2.45, 2.75) is 12.8 Å². The Kier molecular flexibility index (Phi) is 6.12. The standard InChI is InChI=1S/C20H21ClN2O3/c21-16-7-4-10-18(12-16)26-14-19(24)23-11-5-6-15(13-23)20(25)22-17-8-2-1-3-9-17/h1-4,7-10,12,15H,5-6,11,13-14H2,(H,22,25)/t15-/m0/s1. The minimum absolute atomic E-state index is 0.0514. The lowest BCUT2D eigenvalue weighted by Gasteiger charge is -2.32. The maximum absolute atomic E-state index is 12.5. The van der Waals surface area contributed by atoms with E-state index in [9.17, 15) is 9.59 Å². The summed E-state index contributed by atoms with van der Waals surface area (Å²) < 4.78 is 5.52. The fraction of sp³-hybridized carbons (Fsp3) is 0.300. The number of rotatable bonds is 5. The van der Waals surface area contributed by atoms with Crippen molar-refractivity contribution < 1.29 is 14.3 Å². The molecule has 2 aromatic rings. The first kappa shape index (κ1) is 18.3. The number of para-hydroxylation sites is 1. The quantitative estimate of drug-likeness (QED) is 0.872. The molecule has 26 heavy (non-hydrogen) atoms. The van der Waals surface area contributed by atoms with Gasteiger partial charge in [-0.05, 0) is 43.2 Å². The highest BCUT2D eigenvalue weighted by Gasteiger charge is 2.28. The Labute approximate surface area is 157 Å². The van der Waals surface area contributed by atoms with Gasteiger partial charge in [0.1, 0.15) is 5.75 Å². The van der Waals surface area contributed by atoms with Crippen molar-refractivity contribution in [2.75, 3.05) is 25.0 Å². The third-order valence-electron chi connectivity index (χ3n) is 4.34. The number of anilines is 1. The number of nitrogens with zero attached hydrogens (tertiary/aromatic N) is 1. The molecule has 5 nitrogen and oxygen atoms in total. The molecular weight excluding hydrogens is 352 g/mol. The van der Waals surface area contributed by atoms with Gasteiger partial charge in [-0.2, -0.15) is 0 Å². The van der Waals surface area contributed by atoms with Crippen LogP contribution in [0.2, 0.25) is 5.02 Å². The van der Waals surface area contributed by atoms with Crippen LogP contribution in [0.4, 0.5) is 5.69 Å². The summed E-state index contributed by atoms with van der Waals surface area (Å²) in [5, 5.41) is 3.47. The number of amides is 2. The fourth-order valence-corrected chi connectivity index (χ4v) is 3.16. The van der Waals surface area contributed by atoms with Crippen LogP contribution in [0.1, 0.15) is 12.8 Å². The highest BCUT2D eigenvalue weighted by Crippen LogP contribution is 2.20. The van der Waals surface area contributed by atoms with E-state index in [1.54, 1.807) is 29.2 Å². The maximum Gasteiger partial charge on any atom is 0.260 e. The summed E-state index contributed by atoms with van der Waals surface area (Å²) in [5.41, 5.74) is 0.769. The summed E-state index contributed by atoms with van der Waals surface area (Å²) in [7, 11) is 0. The van der Waals surface area contributed by atoms with Crippen LogP contribution in [-0.2, 0) is 9.59 Å². The molecule has 1 N–H and O–H groups in total. The van der Waals surface area contributed by atoms with Crippen LogP contribution in [0.15, 0.2) is 54.6 Å². The van der Waals surface area contributed by atoms with Crippen molar-refractivity contribution >= 4 is 29.1 Å². The second-order valence-corrected chi connectivity index (χ2v) is 6.72. The van der Waals surface area contributed by atoms with Crippen molar-refractivity contribution in [1.29, 1.82) is 0 Å². The third-order valence-corrected chi connectivity index (χ3v) is 4.58. The van der Waals surface area contributed by atoms with E-state index in [0.717, 1.165) is 18.5 Å². The number of hydrogen-bond acceptors (Lipinski definition) is 3. The van der Waals surface area contributed by atoms with Crippen LogP contribution in [0.25, 0.3) is 0 Å². The zero-order chi connectivity index (χ0) is 18.4. The minimum atomic E-state index is -0.209. The molecule has 0 bridgehead atoms. The number of piperidine rings is 1. The molecule has 0 spiro atoms. The maximum atomic E-state index is 12.5. The van der Waals surface area contributed by atoms with Crippen LogP contribution in [0.5, 0.6) is 5.75 Å². The predicted octanol–water partition coefficient (Wildman–Crippen LogP) is 3.60. The topological polar surface area (TPSA) is 58.6 Å². The van der Waals surface area contributed by atoms with E-state index < -0.39 is 0 Å². The monoisotopic (exact) mass is 372 g/mol. The van der Waals surface area contributed by atoms with Crippen LogP contribution in [0, 0.1) is 5.92 Å². The lowest BCUT2D eigenvalue weighted by molar-refractivity contribution is -0.136. The van der Waals surface area contributed by atoms with Crippen LogP contribution < -0.4 is 10.1 Å². The van der Waals surface area contributed by atoms with Gasteiger partial charge in [0.25, 0.3) is 5.91 Å². The Morgan fingerprint density at radius 2 is 1.96 bits per heavy atom. The van der Waals surface area contributed by atoms with E-state index in [4.69, 9.17) is 16.3 Å². The highest BCUT2D eigenvalue weighted by molar-refractivity contribution is 6.30. The lowest BCUT2D eigenvalue weighted by atomic mass is 9.97. The number of benzene rings is 2. The number of hydrogen-bond donors (Lipinski definition) is 1. The second kappa shape index (κ2) is 8.72. The Balaban J connectivity index is 1.52. The zero-order valence-corrected chi connectivity index (χ0v) is 15.1. The molecule has 1 heterocycles. The summed E-state index contributed by atoms with van der Waals surface area (Å²) in [6, 6.07) is 16.3. The largest absolute Gasteiger partial charge is 0.484 e. The van der Waals surface area contributed by atoms with Gasteiger partial charge in [0.15, 0.2) is 6.61 Å². The summed E-state index contributed by atoms with van der Waals surface area (Å²) in [6.45, 7) is 0.997. The number of carbonyl (C=O) groups excluding carboxylic acids is 2. The molecule has 0 aliphatic carbocycles. The molecule has 136 valence electrons. The van der Waals surface area contributed by atoms with Gasteiger partial charge in [0.05, 0.1) is 5.92 Å². The number of nitrogens with one attached hydrogen (secondary N) is 1. The molecule has 1 aliphatic heterocycles. The van der Waals surface area contributed by atoms with Crippen molar-refractivity contribution in [1.82, 2.24) is 4.90 Å². The minimum Gasteiger partial charge on any atom is -0.484 e. The van der Waals surface area contributed by atoms with Crippen molar-refractivity contribution in [3.8, 4) is 5.75 Å². The molecule has 0 aromatic heterocycles. The van der Waals surface area contributed by atoms with Gasteiger partial charge < -0.3 is 15.0 Å². The Hall–Kier alpha value is -2.53. The SMILES string of the molecule is O=C(Nc1ccccc1)[C@H]1CCCN(C(=O)COc2cccc(Cl)c2)C1. The van der Waals surface area contributed by atoms with E-state index in [-0.39, 0.29) is 24.3 Å². The summed E-state index contributed by atoms with van der Waals surface area (Å²) in [4.78, 5) is 26.6. The average molecular weight is 373 g/mol. The van der Waals surface area contributed by atoms with Crippen LogP contribution in [-0.4, -0.2) is 36.4 Å². The van der Waals surface area contributed by atoms with E-state index >= 15 is 0 Å². The molecule has 2 amide bonds. The normalized spacial score (nSPS) is 16.8. The molecule has 0 radical (unpaired) electrons. The first-order valence-corrected chi connectivity index (χ1v) is 9.01. The molecule has 1 aliphatic rings. The molecule has 1 atom stereocenters. The van der Waals surface area contributed by atoms with Gasteiger partial charge in [-0.3, -0.25) is 9.59 Å². The molecule has 1 saturated heterocycles. The van der Waals surface area contributed by atoms with E-state index in [0.29, 0.717) is 23.9 Å². The van der Waals surface area contributed by atoms with Crippen LogP contribution in [0.3, 0.4) is 0 Å².